The van der Waals surface area contributed by atoms with Crippen LogP contribution in [0.1, 0.15) is 50.8 Å². The summed E-state index contributed by atoms with van der Waals surface area (Å²) >= 11 is 1.83. The van der Waals surface area contributed by atoms with E-state index in [0.717, 1.165) is 13.1 Å². The van der Waals surface area contributed by atoms with Crippen molar-refractivity contribution in [1.82, 2.24) is 4.90 Å². The van der Waals surface area contributed by atoms with Crippen LogP contribution in [0.3, 0.4) is 0 Å². The van der Waals surface area contributed by atoms with Gasteiger partial charge >= 0.3 is 5.97 Å². The van der Waals surface area contributed by atoms with E-state index >= 15 is 0 Å². The molecule has 0 saturated carbocycles. The minimum Gasteiger partial charge on any atom is -0.481 e. The second-order valence-electron chi connectivity index (χ2n) is 6.03. The fraction of sp³-hybridized carbons (Fsp3) is 0.667. The molecular formula is C15H25NO2S. The van der Waals surface area contributed by atoms with Gasteiger partial charge < -0.3 is 5.11 Å². The van der Waals surface area contributed by atoms with E-state index in [4.69, 9.17) is 5.11 Å². The van der Waals surface area contributed by atoms with Crippen molar-refractivity contribution in [1.29, 1.82) is 0 Å². The van der Waals surface area contributed by atoms with Crippen LogP contribution in [0.4, 0.5) is 0 Å². The third-order valence-electron chi connectivity index (χ3n) is 3.26. The number of aliphatic carboxylic acids is 1. The van der Waals surface area contributed by atoms with Gasteiger partial charge in [0.25, 0.3) is 0 Å². The standard InChI is InChI=1S/C15H25NO2S/c1-6-16(11(2)9-14(17)18)10-12-7-8-13(19-12)15(3,4)5/h7-8,11H,6,9-10H2,1-5H3,(H,17,18). The average molecular weight is 283 g/mol. The van der Waals surface area contributed by atoms with Crippen molar-refractivity contribution in [2.75, 3.05) is 6.54 Å². The Bertz CT molecular complexity index is 420. The molecule has 19 heavy (non-hydrogen) atoms. The third kappa shape index (κ3) is 4.96. The predicted molar refractivity (Wildman–Crippen MR) is 80.8 cm³/mol. The van der Waals surface area contributed by atoms with Crippen molar-refractivity contribution in [3.05, 3.63) is 21.9 Å². The summed E-state index contributed by atoms with van der Waals surface area (Å²) in [7, 11) is 0. The van der Waals surface area contributed by atoms with Crippen molar-refractivity contribution in [3.8, 4) is 0 Å². The van der Waals surface area contributed by atoms with Gasteiger partial charge in [0.05, 0.1) is 6.42 Å². The van der Waals surface area contributed by atoms with Crippen LogP contribution in [0.25, 0.3) is 0 Å². The van der Waals surface area contributed by atoms with Gasteiger partial charge in [0, 0.05) is 22.3 Å². The van der Waals surface area contributed by atoms with E-state index in [1.165, 1.54) is 9.75 Å². The van der Waals surface area contributed by atoms with Crippen LogP contribution >= 0.6 is 11.3 Å². The van der Waals surface area contributed by atoms with E-state index in [0.29, 0.717) is 0 Å². The highest BCUT2D eigenvalue weighted by atomic mass is 32.1. The van der Waals surface area contributed by atoms with Crippen molar-refractivity contribution < 1.29 is 9.90 Å². The lowest BCUT2D eigenvalue weighted by Crippen LogP contribution is -2.33. The van der Waals surface area contributed by atoms with Crippen LogP contribution in [0, 0.1) is 0 Å². The number of carboxylic acid groups (broad SMARTS) is 1. The fourth-order valence-corrected chi connectivity index (χ4v) is 3.12. The monoisotopic (exact) mass is 283 g/mol. The molecule has 0 saturated heterocycles. The van der Waals surface area contributed by atoms with Crippen LogP contribution < -0.4 is 0 Å². The zero-order chi connectivity index (χ0) is 14.6. The highest BCUT2D eigenvalue weighted by molar-refractivity contribution is 7.12. The van der Waals surface area contributed by atoms with Gasteiger partial charge in [-0.1, -0.05) is 27.7 Å². The van der Waals surface area contributed by atoms with Gasteiger partial charge in [-0.15, -0.1) is 11.3 Å². The molecule has 0 fully saturated rings. The molecule has 1 unspecified atom stereocenters. The molecule has 1 aromatic heterocycles. The topological polar surface area (TPSA) is 40.5 Å². The Morgan fingerprint density at radius 1 is 1.42 bits per heavy atom. The summed E-state index contributed by atoms with van der Waals surface area (Å²) in [6.45, 7) is 12.4. The molecule has 1 rings (SSSR count). The first-order valence-corrected chi connectivity index (χ1v) is 7.60. The van der Waals surface area contributed by atoms with E-state index in [2.05, 4.69) is 44.7 Å². The Labute approximate surface area is 120 Å². The van der Waals surface area contributed by atoms with Crippen molar-refractivity contribution >= 4 is 17.3 Å². The van der Waals surface area contributed by atoms with E-state index in [-0.39, 0.29) is 17.9 Å². The normalized spacial score (nSPS) is 13.8. The van der Waals surface area contributed by atoms with E-state index in [1.807, 2.05) is 18.3 Å². The molecule has 0 aliphatic heterocycles. The molecule has 0 spiro atoms. The smallest absolute Gasteiger partial charge is 0.304 e. The van der Waals surface area contributed by atoms with Gasteiger partial charge in [0.15, 0.2) is 0 Å². The number of carbonyl (C=O) groups is 1. The van der Waals surface area contributed by atoms with E-state index < -0.39 is 5.97 Å². The number of carboxylic acids is 1. The Morgan fingerprint density at radius 2 is 2.05 bits per heavy atom. The van der Waals surface area contributed by atoms with Crippen molar-refractivity contribution in [3.63, 3.8) is 0 Å². The summed E-state index contributed by atoms with van der Waals surface area (Å²) in [6, 6.07) is 4.43. The molecule has 3 nitrogen and oxygen atoms in total. The summed E-state index contributed by atoms with van der Waals surface area (Å²) in [5.74, 6) is -0.729. The van der Waals surface area contributed by atoms with Gasteiger partial charge in [0.1, 0.15) is 0 Å². The molecule has 1 aromatic rings. The molecule has 4 heteroatoms. The lowest BCUT2D eigenvalue weighted by molar-refractivity contribution is -0.138. The van der Waals surface area contributed by atoms with Gasteiger partial charge in [-0.2, -0.15) is 0 Å². The molecule has 108 valence electrons. The zero-order valence-electron chi connectivity index (χ0n) is 12.6. The predicted octanol–water partition coefficient (Wildman–Crippen LogP) is 3.73. The molecular weight excluding hydrogens is 258 g/mol. The lowest BCUT2D eigenvalue weighted by Gasteiger charge is -2.26. The maximum Gasteiger partial charge on any atom is 0.304 e. The number of thiophene rings is 1. The minimum absolute atomic E-state index is 0.0719. The summed E-state index contributed by atoms with van der Waals surface area (Å²) in [5, 5.41) is 8.88. The van der Waals surface area contributed by atoms with Crippen molar-refractivity contribution in [2.45, 2.75) is 59.0 Å². The third-order valence-corrected chi connectivity index (χ3v) is 4.76. The van der Waals surface area contributed by atoms with Crippen LogP contribution in [-0.2, 0) is 16.8 Å². The molecule has 0 aliphatic carbocycles. The first-order chi connectivity index (χ1) is 8.74. The SMILES string of the molecule is CCN(Cc1ccc(C(C)(C)C)s1)C(C)CC(=O)O. The average Bonchev–Trinajstić information content (AvgIpc) is 2.72. The Kier molecular flexibility index (Phi) is 5.56. The number of nitrogens with zero attached hydrogens (tertiary/aromatic N) is 1. The number of hydrogen-bond acceptors (Lipinski definition) is 3. The minimum atomic E-state index is -0.729. The molecule has 1 heterocycles. The summed E-state index contributed by atoms with van der Waals surface area (Å²) < 4.78 is 0. The van der Waals surface area contributed by atoms with Gasteiger partial charge in [0.2, 0.25) is 0 Å². The maximum atomic E-state index is 10.8. The van der Waals surface area contributed by atoms with Gasteiger partial charge in [-0.3, -0.25) is 9.69 Å². The first kappa shape index (κ1) is 16.2. The molecule has 0 aliphatic rings. The molecule has 1 N–H and O–H groups in total. The summed E-state index contributed by atoms with van der Waals surface area (Å²) in [6.07, 6.45) is 0.200. The van der Waals surface area contributed by atoms with Crippen LogP contribution in [0.15, 0.2) is 12.1 Å². The second kappa shape index (κ2) is 6.53. The van der Waals surface area contributed by atoms with Gasteiger partial charge in [-0.05, 0) is 31.0 Å². The zero-order valence-corrected chi connectivity index (χ0v) is 13.4. The highest BCUT2D eigenvalue weighted by Gasteiger charge is 2.19. The maximum absolute atomic E-state index is 10.8. The molecule has 0 bridgehead atoms. The van der Waals surface area contributed by atoms with Crippen LogP contribution in [0.2, 0.25) is 0 Å². The molecule has 0 amide bonds. The van der Waals surface area contributed by atoms with Crippen molar-refractivity contribution in [2.24, 2.45) is 0 Å². The van der Waals surface area contributed by atoms with Gasteiger partial charge in [-0.25, -0.2) is 0 Å². The Balaban J connectivity index is 2.71. The van der Waals surface area contributed by atoms with Crippen LogP contribution in [0.5, 0.6) is 0 Å². The van der Waals surface area contributed by atoms with Crippen LogP contribution in [-0.4, -0.2) is 28.6 Å². The fourth-order valence-electron chi connectivity index (χ4n) is 2.03. The largest absolute Gasteiger partial charge is 0.481 e. The molecule has 1 atom stereocenters. The first-order valence-electron chi connectivity index (χ1n) is 6.79. The quantitative estimate of drug-likeness (QED) is 0.864. The number of hydrogen-bond donors (Lipinski definition) is 1. The highest BCUT2D eigenvalue weighted by Crippen LogP contribution is 2.30. The second-order valence-corrected chi connectivity index (χ2v) is 7.19. The Morgan fingerprint density at radius 3 is 2.47 bits per heavy atom. The van der Waals surface area contributed by atoms with E-state index in [1.54, 1.807) is 0 Å². The molecule has 0 radical (unpaired) electrons. The lowest BCUT2D eigenvalue weighted by atomic mass is 9.95. The Hall–Kier alpha value is -0.870. The molecule has 0 aromatic carbocycles. The summed E-state index contributed by atoms with van der Waals surface area (Å²) in [4.78, 5) is 15.7. The van der Waals surface area contributed by atoms with E-state index in [9.17, 15) is 4.79 Å². The summed E-state index contributed by atoms with van der Waals surface area (Å²) in [5.41, 5.74) is 0.187. The number of rotatable bonds is 6.